The van der Waals surface area contributed by atoms with E-state index in [0.717, 1.165) is 27.4 Å². The average molecular weight is 307 g/mol. The van der Waals surface area contributed by atoms with Crippen molar-refractivity contribution in [2.75, 3.05) is 6.61 Å². The summed E-state index contributed by atoms with van der Waals surface area (Å²) in [5.74, 6) is -0.118. The number of aryl methyl sites for hydroxylation is 2. The molecule has 0 saturated heterocycles. The fourth-order valence-electron chi connectivity index (χ4n) is 3.39. The molecule has 2 aromatic heterocycles. The van der Waals surface area contributed by atoms with Crippen molar-refractivity contribution in [3.8, 4) is 0 Å². The van der Waals surface area contributed by atoms with Crippen LogP contribution in [-0.4, -0.2) is 17.1 Å². The van der Waals surface area contributed by atoms with Gasteiger partial charge in [0.25, 0.3) is 0 Å². The quantitative estimate of drug-likeness (QED) is 0.510. The second kappa shape index (κ2) is 4.88. The predicted octanol–water partition coefficient (Wildman–Crippen LogP) is 4.56. The van der Waals surface area contributed by atoms with Crippen molar-refractivity contribution in [3.05, 3.63) is 47.7 Å². The van der Waals surface area contributed by atoms with Gasteiger partial charge in [0.05, 0.1) is 12.1 Å². The number of rotatable bonds is 2. The van der Waals surface area contributed by atoms with Crippen LogP contribution in [0.4, 0.5) is 0 Å². The first-order valence-corrected chi connectivity index (χ1v) is 7.69. The van der Waals surface area contributed by atoms with Gasteiger partial charge in [0.1, 0.15) is 5.58 Å². The van der Waals surface area contributed by atoms with Crippen LogP contribution in [0.25, 0.3) is 32.8 Å². The van der Waals surface area contributed by atoms with Crippen LogP contribution in [0.5, 0.6) is 0 Å². The number of hydrogen-bond donors (Lipinski definition) is 0. The molecule has 4 nitrogen and oxygen atoms in total. The van der Waals surface area contributed by atoms with Gasteiger partial charge >= 0.3 is 5.97 Å². The minimum Gasteiger partial charge on any atom is -0.460 e. The normalized spacial score (nSPS) is 11.6. The zero-order valence-electron chi connectivity index (χ0n) is 13.3. The van der Waals surface area contributed by atoms with Crippen LogP contribution >= 0.6 is 0 Å². The SMILES string of the molecule is CCOC(=O)c1oc2ccc3c4ccccc4n(C)c3c2c1C. The van der Waals surface area contributed by atoms with Crippen LogP contribution in [-0.2, 0) is 11.8 Å². The molecule has 4 heteroatoms. The highest BCUT2D eigenvalue weighted by Gasteiger charge is 2.22. The Bertz CT molecular complexity index is 1070. The molecular weight excluding hydrogens is 290 g/mol. The van der Waals surface area contributed by atoms with Crippen LogP contribution in [0.3, 0.4) is 0 Å². The molecule has 0 fully saturated rings. The van der Waals surface area contributed by atoms with E-state index in [1.165, 1.54) is 5.39 Å². The number of hydrogen-bond acceptors (Lipinski definition) is 3. The van der Waals surface area contributed by atoms with Gasteiger partial charge in [-0.15, -0.1) is 0 Å². The summed E-state index contributed by atoms with van der Waals surface area (Å²) >= 11 is 0. The summed E-state index contributed by atoms with van der Waals surface area (Å²) in [6, 6.07) is 12.3. The fourth-order valence-corrected chi connectivity index (χ4v) is 3.39. The molecule has 0 amide bonds. The molecule has 0 aliphatic rings. The van der Waals surface area contributed by atoms with Crippen LogP contribution < -0.4 is 0 Å². The number of aromatic nitrogens is 1. The number of esters is 1. The molecule has 0 spiro atoms. The zero-order chi connectivity index (χ0) is 16.1. The number of ether oxygens (including phenoxy) is 1. The Morgan fingerprint density at radius 2 is 1.96 bits per heavy atom. The number of carbonyl (C=O) groups is 1. The fraction of sp³-hybridized carbons (Fsp3) is 0.211. The third kappa shape index (κ3) is 1.81. The van der Waals surface area contributed by atoms with Gasteiger partial charge in [-0.05, 0) is 32.0 Å². The first kappa shape index (κ1) is 13.9. The van der Waals surface area contributed by atoms with Crippen LogP contribution in [0.2, 0.25) is 0 Å². The molecule has 0 bridgehead atoms. The number of furan rings is 1. The molecule has 0 aliphatic heterocycles. The van der Waals surface area contributed by atoms with Crippen LogP contribution in [0, 0.1) is 6.92 Å². The van der Waals surface area contributed by atoms with Gasteiger partial charge in [-0.3, -0.25) is 0 Å². The highest BCUT2D eigenvalue weighted by molar-refractivity contribution is 6.18. The lowest BCUT2D eigenvalue weighted by Gasteiger charge is -2.00. The molecule has 0 N–H and O–H groups in total. The molecule has 0 atom stereocenters. The Kier molecular flexibility index (Phi) is 2.94. The van der Waals surface area contributed by atoms with Crippen molar-refractivity contribution in [2.45, 2.75) is 13.8 Å². The van der Waals surface area contributed by atoms with Crippen LogP contribution in [0.1, 0.15) is 23.0 Å². The highest BCUT2D eigenvalue weighted by Crippen LogP contribution is 2.37. The van der Waals surface area contributed by atoms with Crippen molar-refractivity contribution in [2.24, 2.45) is 7.05 Å². The summed E-state index contributed by atoms with van der Waals surface area (Å²) in [6.07, 6.45) is 0. The molecule has 4 rings (SSSR count). The Morgan fingerprint density at radius 1 is 1.17 bits per heavy atom. The molecule has 0 unspecified atom stereocenters. The van der Waals surface area contributed by atoms with Crippen molar-refractivity contribution < 1.29 is 13.9 Å². The van der Waals surface area contributed by atoms with Crippen molar-refractivity contribution in [1.29, 1.82) is 0 Å². The molecule has 0 aliphatic carbocycles. The van der Waals surface area contributed by atoms with Crippen molar-refractivity contribution >= 4 is 38.7 Å². The van der Waals surface area contributed by atoms with Gasteiger partial charge in [-0.2, -0.15) is 0 Å². The topological polar surface area (TPSA) is 44.4 Å². The lowest BCUT2D eigenvalue weighted by Crippen LogP contribution is -2.04. The Morgan fingerprint density at radius 3 is 2.74 bits per heavy atom. The van der Waals surface area contributed by atoms with Gasteiger partial charge in [0, 0.05) is 34.3 Å². The van der Waals surface area contributed by atoms with E-state index in [4.69, 9.17) is 9.15 Å². The molecule has 23 heavy (non-hydrogen) atoms. The number of nitrogens with zero attached hydrogens (tertiary/aromatic N) is 1. The predicted molar refractivity (Wildman–Crippen MR) is 90.9 cm³/mol. The third-order valence-electron chi connectivity index (χ3n) is 4.42. The lowest BCUT2D eigenvalue weighted by atomic mass is 10.1. The standard InChI is InChI=1S/C19H17NO3/c1-4-22-19(21)18-11(2)16-15(23-18)10-9-13-12-7-5-6-8-14(12)20(3)17(13)16/h5-10H,4H2,1-3H3. The van der Waals surface area contributed by atoms with E-state index < -0.39 is 5.97 Å². The number of fused-ring (bicyclic) bond motifs is 5. The lowest BCUT2D eigenvalue weighted by molar-refractivity contribution is 0.0491. The van der Waals surface area contributed by atoms with Gasteiger partial charge in [0.15, 0.2) is 0 Å². The Labute approximate surface area is 133 Å². The minimum atomic E-state index is -0.409. The first-order valence-electron chi connectivity index (χ1n) is 7.69. The molecule has 116 valence electrons. The summed E-state index contributed by atoms with van der Waals surface area (Å²) in [4.78, 5) is 12.1. The maximum Gasteiger partial charge on any atom is 0.374 e. The van der Waals surface area contributed by atoms with Crippen molar-refractivity contribution in [3.63, 3.8) is 0 Å². The number of carbonyl (C=O) groups excluding carboxylic acids is 1. The molecule has 2 aromatic carbocycles. The monoisotopic (exact) mass is 307 g/mol. The second-order valence-electron chi connectivity index (χ2n) is 5.69. The molecular formula is C19H17NO3. The Hall–Kier alpha value is -2.75. The van der Waals surface area contributed by atoms with Crippen LogP contribution in [0.15, 0.2) is 40.8 Å². The highest BCUT2D eigenvalue weighted by atomic mass is 16.5. The first-order chi connectivity index (χ1) is 11.1. The zero-order valence-corrected chi connectivity index (χ0v) is 13.3. The summed E-state index contributed by atoms with van der Waals surface area (Å²) in [6.45, 7) is 4.03. The largest absolute Gasteiger partial charge is 0.460 e. The van der Waals surface area contributed by atoms with E-state index in [-0.39, 0.29) is 0 Å². The maximum atomic E-state index is 12.1. The molecule has 2 heterocycles. The molecule has 4 aromatic rings. The van der Waals surface area contributed by atoms with E-state index in [0.29, 0.717) is 18.0 Å². The maximum absolute atomic E-state index is 12.1. The molecule has 0 saturated carbocycles. The summed E-state index contributed by atoms with van der Waals surface area (Å²) in [5.41, 5.74) is 3.78. The van der Waals surface area contributed by atoms with E-state index in [1.54, 1.807) is 6.92 Å². The van der Waals surface area contributed by atoms with E-state index >= 15 is 0 Å². The third-order valence-corrected chi connectivity index (χ3v) is 4.42. The molecule has 0 radical (unpaired) electrons. The summed E-state index contributed by atoms with van der Waals surface area (Å²) in [7, 11) is 2.04. The second-order valence-corrected chi connectivity index (χ2v) is 5.69. The average Bonchev–Trinajstić information content (AvgIpc) is 3.04. The number of benzene rings is 2. The van der Waals surface area contributed by atoms with E-state index in [1.807, 2.05) is 32.2 Å². The number of para-hydroxylation sites is 1. The minimum absolute atomic E-state index is 0.291. The summed E-state index contributed by atoms with van der Waals surface area (Å²) in [5, 5.41) is 3.34. The smallest absolute Gasteiger partial charge is 0.374 e. The van der Waals surface area contributed by atoms with Gasteiger partial charge in [-0.25, -0.2) is 4.79 Å². The Balaban J connectivity index is 2.14. The van der Waals surface area contributed by atoms with Gasteiger partial charge < -0.3 is 13.7 Å². The van der Waals surface area contributed by atoms with E-state index in [9.17, 15) is 4.79 Å². The van der Waals surface area contributed by atoms with Crippen molar-refractivity contribution in [1.82, 2.24) is 4.57 Å². The van der Waals surface area contributed by atoms with Gasteiger partial charge in [-0.1, -0.05) is 18.2 Å². The van der Waals surface area contributed by atoms with Gasteiger partial charge in [0.2, 0.25) is 5.76 Å². The van der Waals surface area contributed by atoms with E-state index in [2.05, 4.69) is 22.8 Å². The summed E-state index contributed by atoms with van der Waals surface area (Å²) < 4.78 is 13.0.